The van der Waals surface area contributed by atoms with Crippen LogP contribution < -0.4 is 9.47 Å². The Bertz CT molecular complexity index is 1250. The first-order chi connectivity index (χ1) is 18.2. The summed E-state index contributed by atoms with van der Waals surface area (Å²) in [5.41, 5.74) is 2.26. The van der Waals surface area contributed by atoms with Gasteiger partial charge in [0.05, 0.1) is 17.7 Å². The molecule has 10 nitrogen and oxygen atoms in total. The highest BCUT2D eigenvalue weighted by Crippen LogP contribution is 2.27. The normalized spacial score (nSPS) is 12.1. The minimum Gasteiger partial charge on any atom is -0.481 e. The van der Waals surface area contributed by atoms with Gasteiger partial charge in [-0.3, -0.25) is 9.78 Å². The quantitative estimate of drug-likeness (QED) is 0.202. The zero-order chi connectivity index (χ0) is 28.8. The van der Waals surface area contributed by atoms with Crippen LogP contribution in [0.4, 0.5) is 0 Å². The van der Waals surface area contributed by atoms with Crippen LogP contribution in [0.25, 0.3) is 22.6 Å². The lowest BCUT2D eigenvalue weighted by atomic mass is 9.95. The first kappa shape index (κ1) is 30.2. The molecular formula is C28H41N5O5Si. The lowest BCUT2D eigenvalue weighted by Crippen LogP contribution is -2.30. The molecule has 0 aliphatic rings. The van der Waals surface area contributed by atoms with Crippen LogP contribution in [0.1, 0.15) is 33.3 Å². The fourth-order valence-corrected chi connectivity index (χ4v) is 4.05. The molecule has 0 radical (unpaired) electrons. The molecule has 3 aromatic heterocycles. The Morgan fingerprint density at radius 2 is 1.87 bits per heavy atom. The largest absolute Gasteiger partial charge is 0.481 e. The van der Waals surface area contributed by atoms with Gasteiger partial charge >= 0.3 is 12.0 Å². The molecule has 0 aromatic carbocycles. The van der Waals surface area contributed by atoms with E-state index in [1.165, 1.54) is 0 Å². The average molecular weight is 556 g/mol. The molecule has 212 valence electrons. The molecular weight excluding hydrogens is 514 g/mol. The minimum absolute atomic E-state index is 0.0208. The fraction of sp³-hybridized carbons (Fsp3) is 0.536. The molecule has 0 amide bonds. The van der Waals surface area contributed by atoms with Crippen LogP contribution in [0.3, 0.4) is 0 Å². The van der Waals surface area contributed by atoms with Crippen molar-refractivity contribution in [1.29, 1.82) is 0 Å². The molecule has 0 unspecified atom stereocenters. The van der Waals surface area contributed by atoms with Crippen molar-refractivity contribution in [2.75, 3.05) is 19.8 Å². The third kappa shape index (κ3) is 8.86. The van der Waals surface area contributed by atoms with Gasteiger partial charge in [-0.25, -0.2) is 4.98 Å². The van der Waals surface area contributed by atoms with Crippen LogP contribution >= 0.6 is 0 Å². The van der Waals surface area contributed by atoms with Crippen molar-refractivity contribution in [3.05, 3.63) is 36.2 Å². The maximum atomic E-state index is 11.3. The van der Waals surface area contributed by atoms with Gasteiger partial charge in [0.25, 0.3) is 0 Å². The van der Waals surface area contributed by atoms with E-state index in [9.17, 15) is 9.90 Å². The monoisotopic (exact) mass is 555 g/mol. The van der Waals surface area contributed by atoms with Gasteiger partial charge in [0.1, 0.15) is 13.3 Å². The van der Waals surface area contributed by atoms with Gasteiger partial charge in [0.15, 0.2) is 5.82 Å². The predicted octanol–water partition coefficient (Wildman–Crippen LogP) is 5.55. The number of nitrogens with zero attached hydrogens (tertiary/aromatic N) is 5. The van der Waals surface area contributed by atoms with E-state index in [0.717, 1.165) is 28.4 Å². The SMILES string of the molecule is Cc1cc(OCC(C)(C)C(=O)O)ncc1-c1ccc(-c2nc(OCC(C)C)n(COCC[Si](C)(C)C)n2)cn1. The van der Waals surface area contributed by atoms with Crippen LogP contribution in [-0.4, -0.2) is 63.7 Å². The maximum Gasteiger partial charge on any atom is 0.317 e. The van der Waals surface area contributed by atoms with Crippen molar-refractivity contribution in [3.8, 4) is 34.5 Å². The van der Waals surface area contributed by atoms with E-state index in [4.69, 9.17) is 14.2 Å². The van der Waals surface area contributed by atoms with Gasteiger partial charge in [-0.15, -0.1) is 5.10 Å². The number of carboxylic acids is 1. The van der Waals surface area contributed by atoms with Crippen LogP contribution in [0.15, 0.2) is 30.6 Å². The number of hydrogen-bond acceptors (Lipinski definition) is 8. The van der Waals surface area contributed by atoms with Gasteiger partial charge in [0.2, 0.25) is 5.88 Å². The van der Waals surface area contributed by atoms with Gasteiger partial charge < -0.3 is 19.3 Å². The zero-order valence-electron chi connectivity index (χ0n) is 24.3. The minimum atomic E-state index is -1.19. The Morgan fingerprint density at radius 3 is 2.46 bits per heavy atom. The van der Waals surface area contributed by atoms with Crippen molar-refractivity contribution in [2.24, 2.45) is 11.3 Å². The summed E-state index contributed by atoms with van der Waals surface area (Å²) < 4.78 is 19.1. The number of carboxylic acid groups (broad SMARTS) is 1. The van der Waals surface area contributed by atoms with Crippen molar-refractivity contribution in [3.63, 3.8) is 0 Å². The number of ether oxygens (including phenoxy) is 3. The Morgan fingerprint density at radius 1 is 1.13 bits per heavy atom. The Balaban J connectivity index is 1.74. The van der Waals surface area contributed by atoms with Crippen molar-refractivity contribution < 1.29 is 24.1 Å². The number of aliphatic carboxylic acids is 1. The summed E-state index contributed by atoms with van der Waals surface area (Å²) >= 11 is 0. The van der Waals surface area contributed by atoms with Crippen LogP contribution in [0.2, 0.25) is 25.7 Å². The Labute approximate surface area is 231 Å². The lowest BCUT2D eigenvalue weighted by molar-refractivity contribution is -0.148. The highest BCUT2D eigenvalue weighted by Gasteiger charge is 2.28. The summed E-state index contributed by atoms with van der Waals surface area (Å²) in [5.74, 6) is 0.316. The van der Waals surface area contributed by atoms with Crippen molar-refractivity contribution in [2.45, 2.75) is 67.0 Å². The summed E-state index contributed by atoms with van der Waals surface area (Å²) in [4.78, 5) is 24.9. The summed E-state index contributed by atoms with van der Waals surface area (Å²) in [6.07, 6.45) is 3.41. The molecule has 3 heterocycles. The summed E-state index contributed by atoms with van der Waals surface area (Å²) in [6, 6.07) is 7.10. The average Bonchev–Trinajstić information content (AvgIpc) is 3.27. The third-order valence-corrected chi connectivity index (χ3v) is 7.64. The van der Waals surface area contributed by atoms with Crippen LogP contribution in [0, 0.1) is 18.3 Å². The number of aryl methyl sites for hydroxylation is 1. The standard InChI is InChI=1S/C28H41N5O5Si/c1-19(2)16-37-27-31-25(32-33(27)18-36-11-12-39(6,7)8)21-9-10-23(29-14-21)22-15-30-24(13-20(22)3)38-17-28(4,5)26(34)35/h9-10,13-15,19H,11-12,16-18H2,1-8H3,(H,34,35). The third-order valence-electron chi connectivity index (χ3n) is 5.94. The molecule has 0 fully saturated rings. The second-order valence-corrected chi connectivity index (χ2v) is 17.6. The van der Waals surface area contributed by atoms with E-state index in [2.05, 4.69) is 53.5 Å². The molecule has 0 aliphatic carbocycles. The van der Waals surface area contributed by atoms with E-state index in [0.29, 0.717) is 36.8 Å². The first-order valence-corrected chi connectivity index (χ1v) is 16.9. The molecule has 3 rings (SSSR count). The van der Waals surface area contributed by atoms with Crippen LogP contribution in [0.5, 0.6) is 11.9 Å². The van der Waals surface area contributed by atoms with E-state index >= 15 is 0 Å². The van der Waals surface area contributed by atoms with Gasteiger partial charge in [-0.1, -0.05) is 33.5 Å². The van der Waals surface area contributed by atoms with Crippen LogP contribution in [-0.2, 0) is 16.3 Å². The van der Waals surface area contributed by atoms with E-state index < -0.39 is 19.5 Å². The maximum absolute atomic E-state index is 11.3. The number of hydrogen-bond donors (Lipinski definition) is 1. The molecule has 0 spiro atoms. The van der Waals surface area contributed by atoms with E-state index in [-0.39, 0.29) is 13.3 Å². The number of pyridine rings is 2. The second kappa shape index (κ2) is 12.7. The molecule has 1 N–H and O–H groups in total. The van der Waals surface area contributed by atoms with Gasteiger partial charge in [-0.05, 0) is 50.4 Å². The van der Waals surface area contributed by atoms with Gasteiger partial charge in [-0.2, -0.15) is 9.67 Å². The highest BCUT2D eigenvalue weighted by atomic mass is 28.3. The Hall–Kier alpha value is -3.31. The van der Waals surface area contributed by atoms with Crippen molar-refractivity contribution in [1.82, 2.24) is 24.7 Å². The molecule has 0 aliphatic heterocycles. The highest BCUT2D eigenvalue weighted by molar-refractivity contribution is 6.76. The number of carbonyl (C=O) groups is 1. The molecule has 0 atom stereocenters. The molecule has 0 bridgehead atoms. The van der Waals surface area contributed by atoms with E-state index in [1.807, 2.05) is 19.1 Å². The number of rotatable bonds is 14. The van der Waals surface area contributed by atoms with E-state index in [1.54, 1.807) is 37.0 Å². The van der Waals surface area contributed by atoms with Gasteiger partial charge in [0, 0.05) is 44.3 Å². The summed E-state index contributed by atoms with van der Waals surface area (Å²) in [6.45, 7) is 17.8. The molecule has 11 heteroatoms. The summed E-state index contributed by atoms with van der Waals surface area (Å²) in [5, 5.41) is 13.9. The smallest absolute Gasteiger partial charge is 0.317 e. The molecule has 3 aromatic rings. The summed E-state index contributed by atoms with van der Waals surface area (Å²) in [7, 11) is -1.19. The fourth-order valence-electron chi connectivity index (χ4n) is 3.29. The topological polar surface area (TPSA) is 121 Å². The lowest BCUT2D eigenvalue weighted by Gasteiger charge is -2.19. The molecule has 0 saturated heterocycles. The Kier molecular flexibility index (Phi) is 9.84. The zero-order valence-corrected chi connectivity index (χ0v) is 25.3. The van der Waals surface area contributed by atoms with Crippen molar-refractivity contribution >= 4 is 14.0 Å². The first-order valence-electron chi connectivity index (χ1n) is 13.2. The second-order valence-electron chi connectivity index (χ2n) is 12.0. The molecule has 39 heavy (non-hydrogen) atoms. The number of aromatic nitrogens is 5. The molecule has 0 saturated carbocycles. The predicted molar refractivity (Wildman–Crippen MR) is 153 cm³/mol.